The fourth-order valence-corrected chi connectivity index (χ4v) is 0.892. The first-order valence-electron chi connectivity index (χ1n) is 3.28. The van der Waals surface area contributed by atoms with Crippen molar-refractivity contribution < 1.29 is 11.2 Å². The molecule has 0 unspecified atom stereocenters. The molecular formula is C7H12I2NPt-. The Labute approximate surface area is 98.1 Å². The Morgan fingerprint density at radius 2 is 1.82 bits per heavy atom. The van der Waals surface area contributed by atoms with E-state index in [-0.39, 0.29) is 0 Å². The molecule has 0 aromatic carbocycles. The topological polar surface area (TPSA) is 26.0 Å². The van der Waals surface area contributed by atoms with E-state index in [4.69, 9.17) is 5.73 Å². The third-order valence-corrected chi connectivity index (χ3v) is 1.62. The fraction of sp³-hybridized carbons (Fsp3) is 0.571. The van der Waals surface area contributed by atoms with Crippen LogP contribution in [-0.2, 0) is 11.2 Å². The van der Waals surface area contributed by atoms with Crippen molar-refractivity contribution in [3.8, 4) is 0 Å². The van der Waals surface area contributed by atoms with Crippen LogP contribution in [0.15, 0.2) is 12.2 Å². The second kappa shape index (κ2) is 8.45. The van der Waals surface area contributed by atoms with Crippen molar-refractivity contribution >= 4 is 38.7 Å². The molecule has 0 saturated carbocycles. The third-order valence-electron chi connectivity index (χ3n) is 1.62. The van der Waals surface area contributed by atoms with Crippen molar-refractivity contribution in [2.75, 3.05) is 0 Å². The molecule has 0 spiro atoms. The van der Waals surface area contributed by atoms with Gasteiger partial charge < -0.3 is 12.7 Å². The van der Waals surface area contributed by atoms with Gasteiger partial charge in [-0.25, -0.2) is 0 Å². The molecule has 0 aromatic rings. The summed E-state index contributed by atoms with van der Waals surface area (Å²) < 4.78 is 0. The number of rotatable bonds is 0. The summed E-state index contributed by atoms with van der Waals surface area (Å²) in [4.78, 5) is 0. The van der Waals surface area contributed by atoms with Crippen molar-refractivity contribution in [1.82, 2.24) is 0 Å². The van der Waals surface area contributed by atoms with Gasteiger partial charge in [0.05, 0.1) is 0 Å². The van der Waals surface area contributed by atoms with Gasteiger partial charge in [0.15, 0.2) is 0 Å². The second-order valence-electron chi connectivity index (χ2n) is 2.41. The number of hydrogen-bond acceptors (Lipinski definition) is 1. The Balaban J connectivity index is 0.000000292. The zero-order chi connectivity index (χ0) is 8.69. The van der Waals surface area contributed by atoms with Gasteiger partial charge in [-0.15, -0.1) is 0 Å². The molecule has 0 aromatic heterocycles. The molecule has 2 atom stereocenters. The Bertz CT molecular complexity index is 107. The number of halogens is 2. The summed E-state index contributed by atoms with van der Waals surface area (Å²) in [5, 5.41) is 0. The van der Waals surface area contributed by atoms with Gasteiger partial charge in [-0.3, -0.25) is 0 Å². The van der Waals surface area contributed by atoms with Crippen LogP contribution in [-0.4, -0.2) is 6.04 Å². The summed E-state index contributed by atoms with van der Waals surface area (Å²) in [6.45, 7) is 3.90. The molecule has 70 valence electrons. The van der Waals surface area contributed by atoms with Gasteiger partial charge in [0.25, 0.3) is 0 Å². The minimum absolute atomic E-state index is 0.306. The van der Waals surface area contributed by atoms with Crippen LogP contribution >= 0.6 is 38.7 Å². The van der Waals surface area contributed by atoms with Crippen LogP contribution < -0.4 is 5.73 Å². The van der Waals surface area contributed by atoms with Crippen molar-refractivity contribution in [3.63, 3.8) is 0 Å². The first-order valence-corrected chi connectivity index (χ1v) is 16.2. The summed E-state index contributed by atoms with van der Waals surface area (Å²) in [5.41, 5.74) is 5.66. The van der Waals surface area contributed by atoms with Crippen LogP contribution in [0.1, 0.15) is 12.8 Å². The van der Waals surface area contributed by atoms with Gasteiger partial charge in [0.1, 0.15) is 0 Å². The average molecular weight is 559 g/mol. The molecule has 0 radical (unpaired) electrons. The summed E-state index contributed by atoms with van der Waals surface area (Å²) in [5.74, 6) is 0.444. The van der Waals surface area contributed by atoms with Crippen LogP contribution in [0, 0.1) is 12.8 Å². The molecule has 0 heterocycles. The molecule has 1 rings (SSSR count). The Hall–Kier alpha value is 1.85. The van der Waals surface area contributed by atoms with E-state index in [1.165, 1.54) is 0 Å². The molecule has 0 amide bonds. The van der Waals surface area contributed by atoms with E-state index in [1.807, 2.05) is 0 Å². The van der Waals surface area contributed by atoms with Gasteiger partial charge in [0, 0.05) is 0 Å². The van der Waals surface area contributed by atoms with Crippen LogP contribution in [0.25, 0.3) is 0 Å². The summed E-state index contributed by atoms with van der Waals surface area (Å²) in [7, 11) is 0. The number of hydrogen-bond donors (Lipinski definition) is 1. The number of allylic oxidation sites excluding steroid dienone is 1. The maximum absolute atomic E-state index is 5.66. The van der Waals surface area contributed by atoms with Gasteiger partial charge in [-0.05, 0) is 12.5 Å². The molecule has 2 N–H and O–H groups in total. The van der Waals surface area contributed by atoms with Crippen LogP contribution in [0.5, 0.6) is 0 Å². The van der Waals surface area contributed by atoms with Crippen molar-refractivity contribution in [2.24, 2.45) is 11.7 Å². The monoisotopic (exact) mass is 559 g/mol. The average Bonchev–Trinajstić information content (AvgIpc) is 1.97. The van der Waals surface area contributed by atoms with Gasteiger partial charge >= 0.3 is 49.9 Å². The quantitative estimate of drug-likeness (QED) is 0.276. The predicted octanol–water partition coefficient (Wildman–Crippen LogP) is 2.88. The molecule has 1 aliphatic carbocycles. The fourth-order valence-electron chi connectivity index (χ4n) is 0.892. The second-order valence-corrected chi connectivity index (χ2v) is 19.0. The minimum atomic E-state index is 0.306. The van der Waals surface area contributed by atoms with Crippen molar-refractivity contribution in [2.45, 2.75) is 18.9 Å². The van der Waals surface area contributed by atoms with Crippen molar-refractivity contribution in [3.05, 3.63) is 19.1 Å². The summed E-state index contributed by atoms with van der Waals surface area (Å²) in [6.07, 6.45) is 6.35. The molecule has 0 aliphatic heterocycles. The Morgan fingerprint density at radius 1 is 1.36 bits per heavy atom. The first-order chi connectivity index (χ1) is 5.22. The summed E-state index contributed by atoms with van der Waals surface area (Å²) >= 11 is 5.30. The third kappa shape index (κ3) is 6.96. The maximum atomic E-state index is 5.66. The van der Waals surface area contributed by atoms with E-state index < -0.39 is 0 Å². The summed E-state index contributed by atoms with van der Waals surface area (Å²) in [6, 6.07) is 0.306. The molecule has 1 aliphatic rings. The van der Waals surface area contributed by atoms with E-state index in [0.717, 1.165) is 12.8 Å². The molecular weight excluding hydrogens is 547 g/mol. The van der Waals surface area contributed by atoms with E-state index in [1.54, 1.807) is 0 Å². The normalized spacial score (nSPS) is 29.5. The molecule has 0 saturated heterocycles. The molecule has 0 fully saturated rings. The molecule has 11 heavy (non-hydrogen) atoms. The van der Waals surface area contributed by atoms with Gasteiger partial charge in [-0.2, -0.15) is 5.92 Å². The first kappa shape index (κ1) is 12.8. The van der Waals surface area contributed by atoms with Gasteiger partial charge in [-0.1, -0.05) is 18.6 Å². The van der Waals surface area contributed by atoms with Gasteiger partial charge in [0.2, 0.25) is 0 Å². The molecule has 1 nitrogen and oxygen atoms in total. The number of nitrogens with two attached hydrogens (primary N) is 1. The van der Waals surface area contributed by atoms with E-state index in [0.29, 0.717) is 23.2 Å². The Kier molecular flexibility index (Phi) is 9.87. The van der Waals surface area contributed by atoms with Crippen LogP contribution in [0.4, 0.5) is 0 Å². The zero-order valence-corrected chi connectivity index (χ0v) is 12.7. The van der Waals surface area contributed by atoms with Crippen molar-refractivity contribution in [1.29, 1.82) is 0 Å². The van der Waals surface area contributed by atoms with E-state index >= 15 is 0 Å². The van der Waals surface area contributed by atoms with E-state index in [2.05, 4.69) is 57.8 Å². The Morgan fingerprint density at radius 3 is 2.09 bits per heavy atom. The molecule has 0 bridgehead atoms. The van der Waals surface area contributed by atoms with Crippen LogP contribution in [0.2, 0.25) is 0 Å². The standard InChI is InChI=1S/C7H12N.2HI.Pt/c1-6-4-2-3-5-7(6)8;;;/h2-3,6-7H,1,4-5,8H2;2*1H;/q-1;;;+2/p-2/t6-,7-;;;/m1.../s1. The zero-order valence-electron chi connectivity index (χ0n) is 6.08. The molecule has 4 heteroatoms. The predicted molar refractivity (Wildman–Crippen MR) is 63.2 cm³/mol. The SMILES string of the molecule is [CH2-][C@@H]1CC=CC[C@H]1N.[I][Pt][I]. The van der Waals surface area contributed by atoms with E-state index in [9.17, 15) is 0 Å². The van der Waals surface area contributed by atoms with Crippen LogP contribution in [0.3, 0.4) is 0 Å².